The van der Waals surface area contributed by atoms with E-state index >= 15 is 0 Å². The van der Waals surface area contributed by atoms with E-state index in [1.807, 2.05) is 4.90 Å². The number of ether oxygens (including phenoxy) is 1. The number of nitrogens with one attached hydrogen (secondary N) is 1. The Bertz CT molecular complexity index is 948. The summed E-state index contributed by atoms with van der Waals surface area (Å²) in [4.78, 5) is 26.5. The molecule has 10 nitrogen and oxygen atoms in total. The van der Waals surface area contributed by atoms with Crippen LogP contribution in [0.1, 0.15) is 31.5 Å². The van der Waals surface area contributed by atoms with E-state index in [4.69, 9.17) is 16.5 Å². The van der Waals surface area contributed by atoms with Gasteiger partial charge in [-0.1, -0.05) is 4.32 Å². The molecule has 2 aliphatic rings. The first-order valence-electron chi connectivity index (χ1n) is 9.64. The lowest BCUT2D eigenvalue weighted by Crippen LogP contribution is -2.34. The van der Waals surface area contributed by atoms with Crippen molar-refractivity contribution in [2.75, 3.05) is 36.0 Å². The van der Waals surface area contributed by atoms with Gasteiger partial charge in [-0.15, -0.1) is 10.2 Å². The monoisotopic (exact) mass is 437 g/mol. The van der Waals surface area contributed by atoms with E-state index in [0.29, 0.717) is 30.3 Å². The van der Waals surface area contributed by atoms with Crippen molar-refractivity contribution in [2.24, 2.45) is 0 Å². The standard InChI is InChI=1S/C18H21ClFN7O3/c1-11(28)21-9-14-10-26(18(29)30-14)13-2-3-16(15(20)8-13)25-6-4-12(5-7-25)17-22-24-27(19)23-17/h2-3,8,12,14H,4-7,9-10H2,1H3,(H,21,28)/t14-/m0/s1. The van der Waals surface area contributed by atoms with Gasteiger partial charge in [0.25, 0.3) is 0 Å². The molecule has 2 amide bonds. The number of amides is 2. The molecule has 30 heavy (non-hydrogen) atoms. The highest BCUT2D eigenvalue weighted by molar-refractivity contribution is 6.13. The summed E-state index contributed by atoms with van der Waals surface area (Å²) in [6, 6.07) is 4.71. The van der Waals surface area contributed by atoms with E-state index in [2.05, 4.69) is 20.7 Å². The summed E-state index contributed by atoms with van der Waals surface area (Å²) in [7, 11) is 0. The van der Waals surface area contributed by atoms with Crippen molar-refractivity contribution in [1.29, 1.82) is 0 Å². The molecular formula is C18H21ClFN7O3. The second-order valence-corrected chi connectivity index (χ2v) is 7.64. The van der Waals surface area contributed by atoms with Crippen molar-refractivity contribution >= 4 is 35.2 Å². The molecule has 4 rings (SSSR count). The summed E-state index contributed by atoms with van der Waals surface area (Å²) in [5.41, 5.74) is 0.901. The molecule has 0 spiro atoms. The van der Waals surface area contributed by atoms with Gasteiger partial charge in [0.05, 0.1) is 36.2 Å². The number of hydrogen-bond acceptors (Lipinski definition) is 7. The first-order valence-corrected chi connectivity index (χ1v) is 9.97. The second-order valence-electron chi connectivity index (χ2n) is 7.34. The first-order chi connectivity index (χ1) is 14.4. The molecule has 2 saturated heterocycles. The molecule has 0 saturated carbocycles. The van der Waals surface area contributed by atoms with Gasteiger partial charge in [0, 0.05) is 25.9 Å². The lowest BCUT2D eigenvalue weighted by atomic mass is 9.96. The number of hydrogen-bond donors (Lipinski definition) is 1. The zero-order chi connectivity index (χ0) is 21.3. The van der Waals surface area contributed by atoms with Crippen molar-refractivity contribution in [3.63, 3.8) is 0 Å². The maximum atomic E-state index is 14.9. The third kappa shape index (κ3) is 4.30. The highest BCUT2D eigenvalue weighted by Gasteiger charge is 2.33. The predicted molar refractivity (Wildman–Crippen MR) is 106 cm³/mol. The van der Waals surface area contributed by atoms with Gasteiger partial charge in [0.15, 0.2) is 5.82 Å². The Morgan fingerprint density at radius 1 is 1.37 bits per heavy atom. The summed E-state index contributed by atoms with van der Waals surface area (Å²) in [5.74, 6) is 0.124. The highest BCUT2D eigenvalue weighted by Crippen LogP contribution is 2.32. The molecule has 160 valence electrons. The number of piperidine rings is 1. The number of tetrazole rings is 1. The van der Waals surface area contributed by atoms with Crippen molar-refractivity contribution in [1.82, 2.24) is 25.0 Å². The largest absolute Gasteiger partial charge is 0.442 e. The van der Waals surface area contributed by atoms with Crippen LogP contribution >= 0.6 is 11.8 Å². The summed E-state index contributed by atoms with van der Waals surface area (Å²) >= 11 is 5.66. The van der Waals surface area contributed by atoms with Crippen LogP contribution in [0.4, 0.5) is 20.6 Å². The number of halogens is 2. The number of carbonyl (C=O) groups excluding carboxylic acids is 2. The minimum absolute atomic E-state index is 0.135. The van der Waals surface area contributed by atoms with Crippen LogP contribution in [0.2, 0.25) is 0 Å². The fourth-order valence-electron chi connectivity index (χ4n) is 3.77. The Morgan fingerprint density at radius 2 is 2.13 bits per heavy atom. The van der Waals surface area contributed by atoms with Crippen molar-refractivity contribution in [2.45, 2.75) is 31.8 Å². The molecule has 0 unspecified atom stereocenters. The van der Waals surface area contributed by atoms with Crippen molar-refractivity contribution < 1.29 is 18.7 Å². The maximum Gasteiger partial charge on any atom is 0.414 e. The average Bonchev–Trinajstić information content (AvgIpc) is 3.32. The maximum absolute atomic E-state index is 14.9. The number of benzene rings is 1. The predicted octanol–water partition coefficient (Wildman–Crippen LogP) is 1.66. The van der Waals surface area contributed by atoms with Crippen molar-refractivity contribution in [3.05, 3.63) is 29.8 Å². The number of anilines is 2. The third-order valence-corrected chi connectivity index (χ3v) is 5.45. The summed E-state index contributed by atoms with van der Waals surface area (Å²) in [6.45, 7) is 3.14. The first kappa shape index (κ1) is 20.3. The molecule has 1 aromatic carbocycles. The van der Waals surface area contributed by atoms with E-state index in [9.17, 15) is 14.0 Å². The van der Waals surface area contributed by atoms with Gasteiger partial charge < -0.3 is 15.0 Å². The molecule has 1 atom stereocenters. The molecule has 2 aliphatic heterocycles. The Morgan fingerprint density at radius 3 is 2.77 bits per heavy atom. The van der Waals surface area contributed by atoms with Gasteiger partial charge in [-0.2, -0.15) is 0 Å². The van der Waals surface area contributed by atoms with E-state index in [1.165, 1.54) is 17.9 Å². The van der Waals surface area contributed by atoms with Gasteiger partial charge >= 0.3 is 6.09 Å². The Kier molecular flexibility index (Phi) is 5.71. The van der Waals surface area contributed by atoms with Gasteiger partial charge in [-0.05, 0) is 36.3 Å². The van der Waals surface area contributed by atoms with Gasteiger partial charge in [0.1, 0.15) is 11.9 Å². The zero-order valence-electron chi connectivity index (χ0n) is 16.3. The van der Waals surface area contributed by atoms with Gasteiger partial charge in [-0.3, -0.25) is 9.69 Å². The Hall–Kier alpha value is -2.95. The number of rotatable bonds is 5. The highest BCUT2D eigenvalue weighted by atomic mass is 35.5. The molecule has 12 heteroatoms. The zero-order valence-corrected chi connectivity index (χ0v) is 17.0. The number of carbonyl (C=O) groups is 2. The number of nitrogens with zero attached hydrogens (tertiary/aromatic N) is 6. The van der Waals surface area contributed by atoms with Crippen LogP contribution in [0.15, 0.2) is 18.2 Å². The van der Waals surface area contributed by atoms with Crippen LogP contribution < -0.4 is 15.1 Å². The Balaban J connectivity index is 1.39. The normalized spacial score (nSPS) is 19.8. The van der Waals surface area contributed by atoms with E-state index in [1.54, 1.807) is 12.1 Å². The van der Waals surface area contributed by atoms with Crippen LogP contribution in [-0.2, 0) is 9.53 Å². The molecule has 1 aromatic heterocycles. The smallest absolute Gasteiger partial charge is 0.414 e. The fraction of sp³-hybridized carbons (Fsp3) is 0.500. The third-order valence-electron chi connectivity index (χ3n) is 5.30. The van der Waals surface area contributed by atoms with Crippen LogP contribution in [0, 0.1) is 5.82 Å². The SMILES string of the molecule is CC(=O)NC[C@H]1CN(c2ccc(N3CCC(c4nnn(Cl)n4)CC3)c(F)c2)C(=O)O1. The second kappa shape index (κ2) is 8.42. The lowest BCUT2D eigenvalue weighted by Gasteiger charge is -2.32. The van der Waals surface area contributed by atoms with Gasteiger partial charge in [0.2, 0.25) is 5.91 Å². The summed E-state index contributed by atoms with van der Waals surface area (Å²) in [5, 5.41) is 14.2. The number of aromatic nitrogens is 4. The Labute approximate surface area is 177 Å². The molecule has 0 bridgehead atoms. The molecule has 3 heterocycles. The van der Waals surface area contributed by atoms with E-state index in [0.717, 1.165) is 17.2 Å². The molecule has 0 aliphatic carbocycles. The topological polar surface area (TPSA) is 105 Å². The summed E-state index contributed by atoms with van der Waals surface area (Å²) in [6.07, 6.45) is 0.487. The average molecular weight is 438 g/mol. The van der Waals surface area contributed by atoms with E-state index < -0.39 is 18.0 Å². The molecule has 2 fully saturated rings. The molecule has 2 aromatic rings. The fourth-order valence-corrected chi connectivity index (χ4v) is 3.88. The number of cyclic esters (lactones) is 1. The molecule has 1 N–H and O–H groups in total. The van der Waals surface area contributed by atoms with Crippen LogP contribution in [0.25, 0.3) is 0 Å². The van der Waals surface area contributed by atoms with Crippen LogP contribution in [0.5, 0.6) is 0 Å². The minimum atomic E-state index is -0.557. The van der Waals surface area contributed by atoms with Crippen molar-refractivity contribution in [3.8, 4) is 0 Å². The lowest BCUT2D eigenvalue weighted by molar-refractivity contribution is -0.119. The van der Waals surface area contributed by atoms with Crippen LogP contribution in [-0.4, -0.2) is 64.0 Å². The van der Waals surface area contributed by atoms with Crippen LogP contribution in [0.3, 0.4) is 0 Å². The molecule has 0 radical (unpaired) electrons. The summed E-state index contributed by atoms with van der Waals surface area (Å²) < 4.78 is 21.0. The molecular weight excluding hydrogens is 417 g/mol. The van der Waals surface area contributed by atoms with E-state index in [-0.39, 0.29) is 24.9 Å². The van der Waals surface area contributed by atoms with Gasteiger partial charge in [-0.25, -0.2) is 9.18 Å². The quantitative estimate of drug-likeness (QED) is 0.758. The minimum Gasteiger partial charge on any atom is -0.442 e.